The third-order valence-corrected chi connectivity index (χ3v) is 4.15. The predicted molar refractivity (Wildman–Crippen MR) is 83.6 cm³/mol. The van der Waals surface area contributed by atoms with E-state index >= 15 is 0 Å². The van der Waals surface area contributed by atoms with Crippen molar-refractivity contribution in [1.29, 1.82) is 0 Å². The van der Waals surface area contributed by atoms with E-state index < -0.39 is 0 Å². The fourth-order valence-corrected chi connectivity index (χ4v) is 2.61. The zero-order valence-electron chi connectivity index (χ0n) is 12.3. The average molecular weight is 305 g/mol. The van der Waals surface area contributed by atoms with Crippen LogP contribution in [0.4, 0.5) is 0 Å². The fraction of sp³-hybridized carbons (Fsp3) is 0.333. The zero-order chi connectivity index (χ0) is 15.4. The summed E-state index contributed by atoms with van der Waals surface area (Å²) in [6.07, 6.45) is 0. The molecule has 1 heterocycles. The molecule has 1 aromatic carbocycles. The molecule has 0 radical (unpaired) electrons. The van der Waals surface area contributed by atoms with Crippen molar-refractivity contribution in [2.45, 2.75) is 25.9 Å². The standard InChI is InChI=1S/C15H19N3O2S/c1-9(16)15-18-13(8-21-15)14(19)17-10(2)11-4-6-12(20-3)7-5-11/h4-10H,16H2,1-3H3,(H,17,19). The van der Waals surface area contributed by atoms with E-state index in [2.05, 4.69) is 10.3 Å². The van der Waals surface area contributed by atoms with Crippen LogP contribution in [-0.2, 0) is 0 Å². The molecule has 5 nitrogen and oxygen atoms in total. The molecule has 2 aromatic rings. The van der Waals surface area contributed by atoms with E-state index in [0.717, 1.165) is 16.3 Å². The summed E-state index contributed by atoms with van der Waals surface area (Å²) < 4.78 is 5.12. The lowest BCUT2D eigenvalue weighted by Gasteiger charge is -2.14. The Morgan fingerprint density at radius 2 is 2.00 bits per heavy atom. The molecule has 2 atom stereocenters. The maximum Gasteiger partial charge on any atom is 0.271 e. The zero-order valence-corrected chi connectivity index (χ0v) is 13.1. The topological polar surface area (TPSA) is 77.2 Å². The number of carbonyl (C=O) groups is 1. The summed E-state index contributed by atoms with van der Waals surface area (Å²) in [5.74, 6) is 0.597. The number of hydrogen-bond donors (Lipinski definition) is 2. The first kappa shape index (κ1) is 15.5. The lowest BCUT2D eigenvalue weighted by Crippen LogP contribution is -2.27. The van der Waals surface area contributed by atoms with Gasteiger partial charge in [-0.05, 0) is 31.5 Å². The van der Waals surface area contributed by atoms with Crippen molar-refractivity contribution in [3.8, 4) is 5.75 Å². The smallest absolute Gasteiger partial charge is 0.271 e. The Balaban J connectivity index is 2.03. The number of thiazole rings is 1. The Morgan fingerprint density at radius 3 is 2.52 bits per heavy atom. The molecule has 0 saturated heterocycles. The SMILES string of the molecule is COc1ccc(C(C)NC(=O)c2csc(C(C)N)n2)cc1. The number of nitrogens with one attached hydrogen (secondary N) is 1. The predicted octanol–water partition coefficient (Wildman–Crippen LogP) is 2.66. The fourth-order valence-electron chi connectivity index (χ4n) is 1.85. The number of methoxy groups -OCH3 is 1. The average Bonchev–Trinajstić information content (AvgIpc) is 2.97. The normalized spacial score (nSPS) is 13.5. The van der Waals surface area contributed by atoms with E-state index in [9.17, 15) is 4.79 Å². The summed E-state index contributed by atoms with van der Waals surface area (Å²) in [6, 6.07) is 7.33. The van der Waals surface area contributed by atoms with Gasteiger partial charge in [-0.3, -0.25) is 4.79 Å². The highest BCUT2D eigenvalue weighted by Gasteiger charge is 2.15. The summed E-state index contributed by atoms with van der Waals surface area (Å²) >= 11 is 1.40. The number of carbonyl (C=O) groups excluding carboxylic acids is 1. The van der Waals surface area contributed by atoms with Gasteiger partial charge in [-0.25, -0.2) is 4.98 Å². The lowest BCUT2D eigenvalue weighted by molar-refractivity contribution is 0.0935. The number of nitrogens with two attached hydrogens (primary N) is 1. The van der Waals surface area contributed by atoms with Crippen LogP contribution in [0, 0.1) is 0 Å². The number of amides is 1. The lowest BCUT2D eigenvalue weighted by atomic mass is 10.1. The molecule has 112 valence electrons. The first-order valence-electron chi connectivity index (χ1n) is 6.67. The highest BCUT2D eigenvalue weighted by molar-refractivity contribution is 7.09. The number of benzene rings is 1. The third-order valence-electron chi connectivity index (χ3n) is 3.11. The maximum atomic E-state index is 12.2. The molecule has 1 aromatic heterocycles. The van der Waals surface area contributed by atoms with Gasteiger partial charge in [0, 0.05) is 5.38 Å². The van der Waals surface area contributed by atoms with Gasteiger partial charge in [0.15, 0.2) is 0 Å². The Hall–Kier alpha value is -1.92. The molecule has 0 aliphatic carbocycles. The number of aromatic nitrogens is 1. The Labute approximate surface area is 128 Å². The summed E-state index contributed by atoms with van der Waals surface area (Å²) in [5, 5.41) is 5.42. The van der Waals surface area contributed by atoms with Crippen LogP contribution in [0.2, 0.25) is 0 Å². The molecule has 0 aliphatic rings. The van der Waals surface area contributed by atoms with E-state index in [1.54, 1.807) is 12.5 Å². The molecule has 3 N–H and O–H groups in total. The quantitative estimate of drug-likeness (QED) is 0.890. The first-order valence-corrected chi connectivity index (χ1v) is 7.55. The number of ether oxygens (including phenoxy) is 1. The van der Waals surface area contributed by atoms with Gasteiger partial charge < -0.3 is 15.8 Å². The van der Waals surface area contributed by atoms with Gasteiger partial charge in [-0.15, -0.1) is 11.3 Å². The van der Waals surface area contributed by atoms with Gasteiger partial charge in [-0.1, -0.05) is 12.1 Å². The molecule has 0 saturated carbocycles. The van der Waals surface area contributed by atoms with Crippen molar-refractivity contribution in [2.24, 2.45) is 5.73 Å². The van der Waals surface area contributed by atoms with Crippen LogP contribution in [0.1, 0.15) is 47.0 Å². The second kappa shape index (κ2) is 6.69. The first-order chi connectivity index (χ1) is 10.0. The Bertz CT molecular complexity index is 608. The van der Waals surface area contributed by atoms with E-state index in [-0.39, 0.29) is 18.0 Å². The molecule has 2 unspecified atom stereocenters. The minimum Gasteiger partial charge on any atom is -0.497 e. The maximum absolute atomic E-state index is 12.2. The van der Waals surface area contributed by atoms with Gasteiger partial charge in [-0.2, -0.15) is 0 Å². The van der Waals surface area contributed by atoms with Crippen LogP contribution in [0.5, 0.6) is 5.75 Å². The molecule has 0 aliphatic heterocycles. The van der Waals surface area contributed by atoms with Crippen LogP contribution in [0.25, 0.3) is 0 Å². The monoisotopic (exact) mass is 305 g/mol. The van der Waals surface area contributed by atoms with Crippen LogP contribution < -0.4 is 15.8 Å². The van der Waals surface area contributed by atoms with E-state index in [1.165, 1.54) is 11.3 Å². The van der Waals surface area contributed by atoms with Gasteiger partial charge in [0.05, 0.1) is 19.2 Å². The number of rotatable bonds is 5. The van der Waals surface area contributed by atoms with E-state index in [4.69, 9.17) is 10.5 Å². The highest BCUT2D eigenvalue weighted by atomic mass is 32.1. The number of hydrogen-bond acceptors (Lipinski definition) is 5. The van der Waals surface area contributed by atoms with Crippen LogP contribution in [0.15, 0.2) is 29.6 Å². The van der Waals surface area contributed by atoms with Crippen molar-refractivity contribution >= 4 is 17.2 Å². The number of nitrogens with zero attached hydrogens (tertiary/aromatic N) is 1. The summed E-state index contributed by atoms with van der Waals surface area (Å²) in [5.41, 5.74) is 7.17. The van der Waals surface area contributed by atoms with E-state index in [0.29, 0.717) is 5.69 Å². The second-order valence-corrected chi connectivity index (χ2v) is 5.72. The highest BCUT2D eigenvalue weighted by Crippen LogP contribution is 2.19. The molecular weight excluding hydrogens is 286 g/mol. The second-order valence-electron chi connectivity index (χ2n) is 4.83. The molecular formula is C15H19N3O2S. The molecule has 0 spiro atoms. The van der Waals surface area contributed by atoms with Crippen molar-refractivity contribution in [3.05, 3.63) is 45.9 Å². The third kappa shape index (κ3) is 3.80. The Kier molecular flexibility index (Phi) is 4.93. The van der Waals surface area contributed by atoms with Crippen LogP contribution in [-0.4, -0.2) is 18.0 Å². The minimum atomic E-state index is -0.193. The van der Waals surface area contributed by atoms with E-state index in [1.807, 2.05) is 38.1 Å². The summed E-state index contributed by atoms with van der Waals surface area (Å²) in [6.45, 7) is 3.78. The molecule has 6 heteroatoms. The van der Waals surface area contributed by atoms with Gasteiger partial charge in [0.1, 0.15) is 16.5 Å². The van der Waals surface area contributed by atoms with Crippen molar-refractivity contribution in [1.82, 2.24) is 10.3 Å². The Morgan fingerprint density at radius 1 is 1.33 bits per heavy atom. The van der Waals surface area contributed by atoms with Crippen molar-refractivity contribution in [3.63, 3.8) is 0 Å². The summed E-state index contributed by atoms with van der Waals surface area (Å²) in [7, 11) is 1.62. The molecule has 21 heavy (non-hydrogen) atoms. The molecule has 2 rings (SSSR count). The van der Waals surface area contributed by atoms with Crippen molar-refractivity contribution in [2.75, 3.05) is 7.11 Å². The van der Waals surface area contributed by atoms with Crippen LogP contribution in [0.3, 0.4) is 0 Å². The minimum absolute atomic E-state index is 0.108. The molecule has 0 fully saturated rings. The van der Waals surface area contributed by atoms with Crippen LogP contribution >= 0.6 is 11.3 Å². The van der Waals surface area contributed by atoms with Crippen molar-refractivity contribution < 1.29 is 9.53 Å². The molecule has 1 amide bonds. The van der Waals surface area contributed by atoms with Gasteiger partial charge >= 0.3 is 0 Å². The summed E-state index contributed by atoms with van der Waals surface area (Å²) in [4.78, 5) is 16.4. The van der Waals surface area contributed by atoms with Gasteiger partial charge in [0.25, 0.3) is 5.91 Å². The van der Waals surface area contributed by atoms with Gasteiger partial charge in [0.2, 0.25) is 0 Å². The molecule has 0 bridgehead atoms. The largest absolute Gasteiger partial charge is 0.497 e.